The highest BCUT2D eigenvalue weighted by Gasteiger charge is 2.06. The van der Waals surface area contributed by atoms with Gasteiger partial charge in [-0.1, -0.05) is 17.7 Å². The molecule has 60 valence electrons. The fourth-order valence-electron chi connectivity index (χ4n) is 0.940. The minimum absolute atomic E-state index is 0.146. The van der Waals surface area contributed by atoms with E-state index in [1.807, 2.05) is 6.92 Å². The predicted molar refractivity (Wildman–Crippen MR) is 44.0 cm³/mol. The summed E-state index contributed by atoms with van der Waals surface area (Å²) in [5.74, 6) is -0.405. The number of hydrogen-bond acceptors (Lipinski definition) is 1. The van der Waals surface area contributed by atoms with E-state index in [-0.39, 0.29) is 11.6 Å². The van der Waals surface area contributed by atoms with Crippen molar-refractivity contribution in [2.24, 2.45) is 5.73 Å². The lowest BCUT2D eigenvalue weighted by Gasteiger charge is -2.05. The van der Waals surface area contributed by atoms with Crippen LogP contribution >= 0.6 is 11.6 Å². The lowest BCUT2D eigenvalue weighted by molar-refractivity contribution is 0.625. The molecule has 0 fully saturated rings. The van der Waals surface area contributed by atoms with Gasteiger partial charge in [-0.25, -0.2) is 4.39 Å². The topological polar surface area (TPSA) is 26.0 Å². The van der Waals surface area contributed by atoms with Crippen LogP contribution in [-0.4, -0.2) is 0 Å². The molecular formula is C8H9ClFN. The summed E-state index contributed by atoms with van der Waals surface area (Å²) in [7, 11) is 0. The molecule has 1 aromatic carbocycles. The van der Waals surface area contributed by atoms with Crippen LogP contribution in [0.2, 0.25) is 5.02 Å². The Morgan fingerprint density at radius 2 is 2.18 bits per heavy atom. The minimum Gasteiger partial charge on any atom is -0.326 e. The number of nitrogens with two attached hydrogens (primary N) is 1. The molecule has 0 aliphatic heterocycles. The molecule has 0 bridgehead atoms. The molecule has 1 nitrogen and oxygen atoms in total. The Labute approximate surface area is 70.0 Å². The van der Waals surface area contributed by atoms with Gasteiger partial charge in [0.2, 0.25) is 0 Å². The molecule has 0 aromatic heterocycles. The maximum Gasteiger partial charge on any atom is 0.142 e. The normalized spacial score (nSPS) is 10.2. The molecule has 11 heavy (non-hydrogen) atoms. The van der Waals surface area contributed by atoms with E-state index in [2.05, 4.69) is 0 Å². The maximum absolute atomic E-state index is 12.8. The highest BCUT2D eigenvalue weighted by atomic mass is 35.5. The number of halogens is 2. The monoisotopic (exact) mass is 173 g/mol. The van der Waals surface area contributed by atoms with Crippen molar-refractivity contribution in [3.8, 4) is 0 Å². The molecule has 0 heterocycles. The van der Waals surface area contributed by atoms with Gasteiger partial charge in [-0.3, -0.25) is 0 Å². The maximum atomic E-state index is 12.8. The molecule has 0 spiro atoms. The predicted octanol–water partition coefficient (Wildman–Crippen LogP) is 2.25. The smallest absolute Gasteiger partial charge is 0.142 e. The second kappa shape index (κ2) is 3.20. The average molecular weight is 174 g/mol. The highest BCUT2D eigenvalue weighted by Crippen LogP contribution is 2.22. The minimum atomic E-state index is -0.405. The standard InChI is InChI=1S/C8H9ClFN/c1-5-2-3-7(10)8(9)6(5)4-11/h2-3H,4,11H2,1H3. The van der Waals surface area contributed by atoms with Crippen LogP contribution in [0.25, 0.3) is 0 Å². The summed E-state index contributed by atoms with van der Waals surface area (Å²) in [6.45, 7) is 2.13. The first-order chi connectivity index (χ1) is 5.16. The molecule has 0 saturated carbocycles. The first-order valence-corrected chi connectivity index (χ1v) is 3.68. The van der Waals surface area contributed by atoms with E-state index in [4.69, 9.17) is 17.3 Å². The van der Waals surface area contributed by atoms with Crippen molar-refractivity contribution < 1.29 is 4.39 Å². The van der Waals surface area contributed by atoms with Gasteiger partial charge in [-0.2, -0.15) is 0 Å². The van der Waals surface area contributed by atoms with Crippen LogP contribution in [0.4, 0.5) is 4.39 Å². The molecule has 1 rings (SSSR count). The fraction of sp³-hybridized carbons (Fsp3) is 0.250. The average Bonchev–Trinajstić information content (AvgIpc) is 1.99. The molecule has 0 amide bonds. The summed E-state index contributed by atoms with van der Waals surface area (Å²) in [5, 5.41) is 0.146. The van der Waals surface area contributed by atoms with Crippen molar-refractivity contribution in [3.63, 3.8) is 0 Å². The third kappa shape index (κ3) is 1.52. The van der Waals surface area contributed by atoms with Gasteiger partial charge in [-0.15, -0.1) is 0 Å². The first-order valence-electron chi connectivity index (χ1n) is 3.30. The van der Waals surface area contributed by atoms with Gasteiger partial charge < -0.3 is 5.73 Å². The summed E-state index contributed by atoms with van der Waals surface area (Å²) in [6.07, 6.45) is 0. The molecule has 0 radical (unpaired) electrons. The Morgan fingerprint density at radius 3 is 2.64 bits per heavy atom. The Balaban J connectivity index is 3.29. The molecule has 2 N–H and O–H groups in total. The van der Waals surface area contributed by atoms with E-state index in [0.717, 1.165) is 5.56 Å². The molecule has 3 heteroatoms. The van der Waals surface area contributed by atoms with Crippen molar-refractivity contribution >= 4 is 11.6 Å². The summed E-state index contributed by atoms with van der Waals surface area (Å²) in [5.41, 5.74) is 6.99. The zero-order valence-electron chi connectivity index (χ0n) is 6.20. The number of benzene rings is 1. The van der Waals surface area contributed by atoms with Crippen LogP contribution in [-0.2, 0) is 6.54 Å². The summed E-state index contributed by atoms with van der Waals surface area (Å²) in [6, 6.07) is 3.01. The largest absolute Gasteiger partial charge is 0.326 e. The lowest BCUT2D eigenvalue weighted by atomic mass is 10.1. The SMILES string of the molecule is Cc1ccc(F)c(Cl)c1CN. The second-order valence-electron chi connectivity index (χ2n) is 2.36. The van der Waals surface area contributed by atoms with Gasteiger partial charge in [0.05, 0.1) is 5.02 Å². The van der Waals surface area contributed by atoms with Crippen LogP contribution in [0.15, 0.2) is 12.1 Å². The zero-order valence-corrected chi connectivity index (χ0v) is 6.95. The van der Waals surface area contributed by atoms with Gasteiger partial charge in [0, 0.05) is 6.54 Å². The van der Waals surface area contributed by atoms with Crippen LogP contribution in [0.1, 0.15) is 11.1 Å². The first kappa shape index (κ1) is 8.50. The highest BCUT2D eigenvalue weighted by molar-refractivity contribution is 6.31. The molecule has 0 aliphatic rings. The van der Waals surface area contributed by atoms with Crippen LogP contribution < -0.4 is 5.73 Å². The van der Waals surface area contributed by atoms with Crippen LogP contribution in [0.3, 0.4) is 0 Å². The van der Waals surface area contributed by atoms with Gasteiger partial charge in [0.1, 0.15) is 5.82 Å². The van der Waals surface area contributed by atoms with Crippen molar-refractivity contribution in [1.29, 1.82) is 0 Å². The van der Waals surface area contributed by atoms with E-state index in [9.17, 15) is 4.39 Å². The Morgan fingerprint density at radius 1 is 1.55 bits per heavy atom. The Bertz CT molecular complexity index is 273. The Kier molecular flexibility index (Phi) is 2.47. The van der Waals surface area contributed by atoms with E-state index in [1.165, 1.54) is 6.07 Å². The van der Waals surface area contributed by atoms with Crippen LogP contribution in [0.5, 0.6) is 0 Å². The Hall–Kier alpha value is -0.600. The third-order valence-electron chi connectivity index (χ3n) is 1.63. The molecule has 0 saturated heterocycles. The molecule has 0 atom stereocenters. The zero-order chi connectivity index (χ0) is 8.43. The lowest BCUT2D eigenvalue weighted by Crippen LogP contribution is -2.01. The third-order valence-corrected chi connectivity index (χ3v) is 2.04. The van der Waals surface area contributed by atoms with E-state index in [1.54, 1.807) is 6.07 Å². The molecular weight excluding hydrogens is 165 g/mol. The van der Waals surface area contributed by atoms with Gasteiger partial charge in [0.15, 0.2) is 0 Å². The number of aryl methyl sites for hydroxylation is 1. The van der Waals surface area contributed by atoms with Gasteiger partial charge in [0.25, 0.3) is 0 Å². The summed E-state index contributed by atoms with van der Waals surface area (Å²) in [4.78, 5) is 0. The molecule has 0 aliphatic carbocycles. The number of rotatable bonds is 1. The van der Waals surface area contributed by atoms with Gasteiger partial charge >= 0.3 is 0 Å². The second-order valence-corrected chi connectivity index (χ2v) is 2.74. The van der Waals surface area contributed by atoms with E-state index < -0.39 is 5.82 Å². The quantitative estimate of drug-likeness (QED) is 0.693. The number of hydrogen-bond donors (Lipinski definition) is 1. The molecule has 1 aromatic rings. The summed E-state index contributed by atoms with van der Waals surface area (Å²) >= 11 is 5.64. The fourth-order valence-corrected chi connectivity index (χ4v) is 1.23. The van der Waals surface area contributed by atoms with E-state index >= 15 is 0 Å². The van der Waals surface area contributed by atoms with E-state index in [0.29, 0.717) is 5.56 Å². The van der Waals surface area contributed by atoms with Crippen molar-refractivity contribution in [2.45, 2.75) is 13.5 Å². The van der Waals surface area contributed by atoms with Crippen LogP contribution in [0, 0.1) is 12.7 Å². The van der Waals surface area contributed by atoms with Crippen molar-refractivity contribution in [2.75, 3.05) is 0 Å². The summed E-state index contributed by atoms with van der Waals surface area (Å²) < 4.78 is 12.8. The van der Waals surface area contributed by atoms with Gasteiger partial charge in [-0.05, 0) is 24.1 Å². The van der Waals surface area contributed by atoms with Crippen molar-refractivity contribution in [3.05, 3.63) is 34.1 Å². The van der Waals surface area contributed by atoms with Crippen molar-refractivity contribution in [1.82, 2.24) is 0 Å². The molecule has 0 unspecified atom stereocenters.